The monoisotopic (exact) mass is 444 g/mol. The number of carbonyl (C=O) groups excluding carboxylic acids is 2. The summed E-state index contributed by atoms with van der Waals surface area (Å²) < 4.78 is 17.7. The Balaban J connectivity index is 1.87. The predicted molar refractivity (Wildman–Crippen MR) is 107 cm³/mol. The van der Waals surface area contributed by atoms with E-state index in [2.05, 4.69) is 6.08 Å². The molecule has 4 amide bonds. The van der Waals surface area contributed by atoms with Crippen LogP contribution in [0.3, 0.4) is 0 Å². The van der Waals surface area contributed by atoms with E-state index in [9.17, 15) is 19.5 Å². The van der Waals surface area contributed by atoms with Gasteiger partial charge in [-0.1, -0.05) is 11.6 Å². The van der Waals surface area contributed by atoms with Crippen LogP contribution >= 0.6 is 11.6 Å². The number of ether oxygens (including phenoxy) is 3. The average Bonchev–Trinajstić information content (AvgIpc) is 3.58. The summed E-state index contributed by atoms with van der Waals surface area (Å²) in [5.41, 5.74) is 0.180. The number of halogens is 1. The fraction of sp³-hybridized carbons (Fsp3) is 0.750. The maximum atomic E-state index is 12.5. The first kappa shape index (κ1) is 23.0. The molecule has 2 saturated heterocycles. The van der Waals surface area contributed by atoms with Crippen molar-refractivity contribution in [1.82, 2.24) is 10.2 Å². The lowest BCUT2D eigenvalue weighted by atomic mass is 9.67. The molecule has 0 aromatic heterocycles. The standard InChI is InChI=1S/C20H29ClN2O7/c1-11(2)5-6-13-19(3,30-13)16-15(28-4)12(7-8-20(16)10-29-20)23(18(26)27)17(25)22-14(24)9-21/h5,12-13,15-16H,6-10H2,1-4H3,(H,26,27)(H,22,24,25)/t12-,13-,15-,16-,19+,20+/m1/s1. The number of alkyl halides is 1. The number of rotatable bonds is 6. The van der Waals surface area contributed by atoms with Crippen molar-refractivity contribution >= 4 is 29.6 Å². The zero-order valence-electron chi connectivity index (χ0n) is 17.6. The van der Waals surface area contributed by atoms with E-state index in [-0.39, 0.29) is 12.0 Å². The van der Waals surface area contributed by atoms with Gasteiger partial charge in [-0.3, -0.25) is 10.1 Å². The minimum Gasteiger partial charge on any atom is -0.465 e. The van der Waals surface area contributed by atoms with Gasteiger partial charge in [0.15, 0.2) is 0 Å². The number of epoxide rings is 2. The number of allylic oxidation sites excluding steroid dienone is 1. The molecule has 6 atom stereocenters. The summed E-state index contributed by atoms with van der Waals surface area (Å²) in [4.78, 5) is 36.7. The van der Waals surface area contributed by atoms with Gasteiger partial charge < -0.3 is 19.3 Å². The van der Waals surface area contributed by atoms with E-state index < -0.39 is 47.3 Å². The van der Waals surface area contributed by atoms with Crippen LogP contribution in [0.25, 0.3) is 0 Å². The molecule has 9 nitrogen and oxygen atoms in total. The van der Waals surface area contributed by atoms with Crippen molar-refractivity contribution in [2.45, 2.75) is 69.5 Å². The minimum absolute atomic E-state index is 0.0418. The highest BCUT2D eigenvalue weighted by molar-refractivity contribution is 6.28. The number of hydrogen-bond acceptors (Lipinski definition) is 6. The number of carboxylic acid groups (broad SMARTS) is 1. The van der Waals surface area contributed by atoms with Crippen LogP contribution in [0.1, 0.15) is 40.0 Å². The summed E-state index contributed by atoms with van der Waals surface area (Å²) in [6.07, 6.45) is 1.62. The van der Waals surface area contributed by atoms with E-state index in [0.717, 1.165) is 6.42 Å². The molecule has 3 fully saturated rings. The zero-order valence-corrected chi connectivity index (χ0v) is 18.4. The molecule has 10 heteroatoms. The Morgan fingerprint density at radius 2 is 2.03 bits per heavy atom. The van der Waals surface area contributed by atoms with Gasteiger partial charge in [0.05, 0.1) is 30.5 Å². The van der Waals surface area contributed by atoms with Gasteiger partial charge in [0.1, 0.15) is 11.5 Å². The van der Waals surface area contributed by atoms with Gasteiger partial charge in [0, 0.05) is 13.0 Å². The van der Waals surface area contributed by atoms with Gasteiger partial charge in [-0.05, 0) is 40.0 Å². The third kappa shape index (κ3) is 4.21. The molecule has 1 spiro atoms. The van der Waals surface area contributed by atoms with Crippen molar-refractivity contribution in [2.24, 2.45) is 5.92 Å². The Labute approximate surface area is 180 Å². The predicted octanol–water partition coefficient (Wildman–Crippen LogP) is 2.52. The molecular formula is C20H29ClN2O7. The molecular weight excluding hydrogens is 416 g/mol. The number of nitrogens with one attached hydrogen (secondary N) is 1. The van der Waals surface area contributed by atoms with Crippen LogP contribution < -0.4 is 5.32 Å². The van der Waals surface area contributed by atoms with E-state index in [0.29, 0.717) is 24.3 Å². The highest BCUT2D eigenvalue weighted by Gasteiger charge is 2.72. The Morgan fingerprint density at radius 1 is 1.37 bits per heavy atom. The molecule has 30 heavy (non-hydrogen) atoms. The lowest BCUT2D eigenvalue weighted by Gasteiger charge is -2.45. The topological polar surface area (TPSA) is 121 Å². The second-order valence-electron chi connectivity index (χ2n) is 8.58. The Morgan fingerprint density at radius 3 is 2.53 bits per heavy atom. The normalized spacial score (nSPS) is 36.7. The molecule has 2 aliphatic heterocycles. The molecule has 2 N–H and O–H groups in total. The van der Waals surface area contributed by atoms with E-state index in [4.69, 9.17) is 25.8 Å². The zero-order chi connectivity index (χ0) is 22.3. The number of amides is 4. The van der Waals surface area contributed by atoms with Crippen molar-refractivity contribution in [2.75, 3.05) is 19.6 Å². The number of imide groups is 2. The molecule has 0 radical (unpaired) electrons. The first-order chi connectivity index (χ1) is 14.1. The number of carbonyl (C=O) groups is 3. The number of nitrogens with zero attached hydrogens (tertiary/aromatic N) is 1. The van der Waals surface area contributed by atoms with E-state index in [1.165, 1.54) is 12.7 Å². The van der Waals surface area contributed by atoms with Crippen LogP contribution in [-0.4, -0.2) is 77.1 Å². The smallest absolute Gasteiger partial charge is 0.415 e. The highest BCUT2D eigenvalue weighted by atomic mass is 35.5. The van der Waals surface area contributed by atoms with Gasteiger partial charge in [-0.2, -0.15) is 0 Å². The number of urea groups is 1. The quantitative estimate of drug-likeness (QED) is 0.366. The fourth-order valence-corrected chi connectivity index (χ4v) is 4.90. The van der Waals surface area contributed by atoms with Crippen LogP contribution in [0.2, 0.25) is 0 Å². The molecule has 0 unspecified atom stereocenters. The van der Waals surface area contributed by atoms with Gasteiger partial charge in [-0.15, -0.1) is 11.6 Å². The van der Waals surface area contributed by atoms with Crippen LogP contribution in [0.15, 0.2) is 11.6 Å². The minimum atomic E-state index is -1.46. The van der Waals surface area contributed by atoms with Gasteiger partial charge >= 0.3 is 12.1 Å². The average molecular weight is 445 g/mol. The molecule has 168 valence electrons. The van der Waals surface area contributed by atoms with Crippen molar-refractivity contribution in [3.05, 3.63) is 11.6 Å². The van der Waals surface area contributed by atoms with Crippen LogP contribution in [-0.2, 0) is 19.0 Å². The third-order valence-corrected chi connectivity index (χ3v) is 6.63. The highest BCUT2D eigenvalue weighted by Crippen LogP contribution is 2.59. The number of hydrogen-bond donors (Lipinski definition) is 2. The molecule has 0 aromatic rings. The molecule has 0 aromatic carbocycles. The number of methoxy groups -OCH3 is 1. The Hall–Kier alpha value is -1.68. The van der Waals surface area contributed by atoms with Crippen LogP contribution in [0.4, 0.5) is 9.59 Å². The maximum absolute atomic E-state index is 12.5. The largest absolute Gasteiger partial charge is 0.465 e. The summed E-state index contributed by atoms with van der Waals surface area (Å²) in [5, 5.41) is 11.7. The summed E-state index contributed by atoms with van der Waals surface area (Å²) in [7, 11) is 1.49. The van der Waals surface area contributed by atoms with E-state index in [1.807, 2.05) is 26.1 Å². The summed E-state index contributed by atoms with van der Waals surface area (Å²) in [6, 6.07) is -1.82. The molecule has 3 aliphatic rings. The van der Waals surface area contributed by atoms with Crippen molar-refractivity contribution < 1.29 is 33.7 Å². The third-order valence-electron chi connectivity index (χ3n) is 6.39. The first-order valence-electron chi connectivity index (χ1n) is 9.99. The molecule has 3 rings (SSSR count). The SMILES string of the molecule is CO[C@@H]1[C@H](N(C(=O)O)C(=O)NC(=O)CCl)CC[C@]2(CO2)[C@H]1[C@@]1(C)O[C@@H]1CC=C(C)C. The fourth-order valence-electron chi connectivity index (χ4n) is 4.83. The summed E-state index contributed by atoms with van der Waals surface area (Å²) >= 11 is 5.43. The molecule has 1 aliphatic carbocycles. The first-order valence-corrected chi connectivity index (χ1v) is 10.5. The van der Waals surface area contributed by atoms with Gasteiger partial charge in [0.25, 0.3) is 0 Å². The second kappa shape index (κ2) is 8.45. The Kier molecular flexibility index (Phi) is 6.48. The van der Waals surface area contributed by atoms with Crippen LogP contribution in [0.5, 0.6) is 0 Å². The van der Waals surface area contributed by atoms with Crippen molar-refractivity contribution in [3.63, 3.8) is 0 Å². The van der Waals surface area contributed by atoms with Crippen LogP contribution in [0, 0.1) is 5.92 Å². The summed E-state index contributed by atoms with van der Waals surface area (Å²) in [5.74, 6) is -1.48. The van der Waals surface area contributed by atoms with E-state index in [1.54, 1.807) is 0 Å². The van der Waals surface area contributed by atoms with Crippen molar-refractivity contribution in [3.8, 4) is 0 Å². The van der Waals surface area contributed by atoms with Crippen molar-refractivity contribution in [1.29, 1.82) is 0 Å². The lowest BCUT2D eigenvalue weighted by molar-refractivity contribution is -0.118. The Bertz CT molecular complexity index is 749. The maximum Gasteiger partial charge on any atom is 0.415 e. The second-order valence-corrected chi connectivity index (χ2v) is 8.85. The lowest BCUT2D eigenvalue weighted by Crippen LogP contribution is -2.63. The molecule has 1 saturated carbocycles. The molecule has 0 bridgehead atoms. The van der Waals surface area contributed by atoms with Gasteiger partial charge in [0.2, 0.25) is 5.91 Å². The summed E-state index contributed by atoms with van der Waals surface area (Å²) in [6.45, 7) is 6.57. The van der Waals surface area contributed by atoms with E-state index >= 15 is 0 Å². The molecule has 2 heterocycles. The van der Waals surface area contributed by atoms with Gasteiger partial charge in [-0.25, -0.2) is 14.5 Å².